The third-order valence-electron chi connectivity index (χ3n) is 3.36. The van der Waals surface area contributed by atoms with Gasteiger partial charge in [0.2, 0.25) is 10.0 Å². The fourth-order valence-electron chi connectivity index (χ4n) is 2.16. The van der Waals surface area contributed by atoms with Gasteiger partial charge in [0.15, 0.2) is 0 Å². The highest BCUT2D eigenvalue weighted by atomic mass is 32.2. The molecule has 23 heavy (non-hydrogen) atoms. The van der Waals surface area contributed by atoms with E-state index in [1.54, 1.807) is 25.1 Å². The van der Waals surface area contributed by atoms with Crippen LogP contribution in [-0.4, -0.2) is 22.6 Å². The molecule has 0 saturated carbocycles. The molecule has 1 atom stereocenters. The van der Waals surface area contributed by atoms with Gasteiger partial charge in [0.1, 0.15) is 17.3 Å². The minimum atomic E-state index is -3.78. The SMILES string of the molecule is COc1ccc(OC)c([C@H](C)NS(=O)(=O)c2ccc(F)cc2)c1. The zero-order chi connectivity index (χ0) is 17.0. The molecule has 124 valence electrons. The van der Waals surface area contributed by atoms with Crippen LogP contribution in [-0.2, 0) is 10.0 Å². The van der Waals surface area contributed by atoms with Crippen molar-refractivity contribution in [1.82, 2.24) is 4.72 Å². The molecule has 0 saturated heterocycles. The van der Waals surface area contributed by atoms with Crippen molar-refractivity contribution in [1.29, 1.82) is 0 Å². The van der Waals surface area contributed by atoms with E-state index >= 15 is 0 Å². The molecule has 0 unspecified atom stereocenters. The van der Waals surface area contributed by atoms with E-state index < -0.39 is 21.9 Å². The summed E-state index contributed by atoms with van der Waals surface area (Å²) in [6, 6.07) is 9.21. The first-order chi connectivity index (χ1) is 10.9. The smallest absolute Gasteiger partial charge is 0.241 e. The fourth-order valence-corrected chi connectivity index (χ4v) is 3.38. The van der Waals surface area contributed by atoms with Gasteiger partial charge in [0, 0.05) is 11.6 Å². The molecule has 1 N–H and O–H groups in total. The monoisotopic (exact) mass is 339 g/mol. The van der Waals surface area contributed by atoms with Gasteiger partial charge in [-0.3, -0.25) is 0 Å². The van der Waals surface area contributed by atoms with Gasteiger partial charge in [-0.1, -0.05) is 0 Å². The van der Waals surface area contributed by atoms with E-state index in [1.165, 1.54) is 26.4 Å². The highest BCUT2D eigenvalue weighted by Crippen LogP contribution is 2.30. The number of rotatable bonds is 6. The molecule has 0 aliphatic heterocycles. The number of ether oxygens (including phenoxy) is 2. The van der Waals surface area contributed by atoms with E-state index in [0.29, 0.717) is 17.1 Å². The predicted octanol–water partition coefficient (Wildman–Crippen LogP) is 2.88. The summed E-state index contributed by atoms with van der Waals surface area (Å²) in [5, 5.41) is 0. The molecule has 2 aromatic rings. The lowest BCUT2D eigenvalue weighted by molar-refractivity contribution is 0.395. The first kappa shape index (κ1) is 17.2. The molecule has 0 fully saturated rings. The van der Waals surface area contributed by atoms with Gasteiger partial charge in [0.05, 0.1) is 19.1 Å². The quantitative estimate of drug-likeness (QED) is 0.879. The number of methoxy groups -OCH3 is 2. The van der Waals surface area contributed by atoms with E-state index in [1.807, 2.05) is 0 Å². The molecule has 0 heterocycles. The van der Waals surface area contributed by atoms with Crippen LogP contribution >= 0.6 is 0 Å². The molecule has 0 aliphatic carbocycles. The zero-order valence-corrected chi connectivity index (χ0v) is 13.9. The summed E-state index contributed by atoms with van der Waals surface area (Å²) in [6.45, 7) is 1.69. The Morgan fingerprint density at radius 1 is 1.04 bits per heavy atom. The highest BCUT2D eigenvalue weighted by Gasteiger charge is 2.21. The molecule has 2 rings (SSSR count). The van der Waals surface area contributed by atoms with Gasteiger partial charge in [-0.05, 0) is 49.4 Å². The van der Waals surface area contributed by atoms with E-state index in [9.17, 15) is 12.8 Å². The summed E-state index contributed by atoms with van der Waals surface area (Å²) in [5.41, 5.74) is 0.637. The molecular formula is C16H18FNO4S. The second-order valence-corrected chi connectivity index (χ2v) is 6.62. The zero-order valence-electron chi connectivity index (χ0n) is 13.0. The third-order valence-corrected chi connectivity index (χ3v) is 4.92. The van der Waals surface area contributed by atoms with E-state index in [4.69, 9.17) is 9.47 Å². The van der Waals surface area contributed by atoms with Crippen molar-refractivity contribution < 1.29 is 22.3 Å². The van der Waals surface area contributed by atoms with Gasteiger partial charge in [0.25, 0.3) is 0 Å². The van der Waals surface area contributed by atoms with Gasteiger partial charge in [-0.25, -0.2) is 17.5 Å². The summed E-state index contributed by atoms with van der Waals surface area (Å²) < 4.78 is 50.7. The summed E-state index contributed by atoms with van der Waals surface area (Å²) in [4.78, 5) is -0.00684. The van der Waals surface area contributed by atoms with Crippen molar-refractivity contribution in [3.63, 3.8) is 0 Å². The Hall–Kier alpha value is -2.12. The Bertz CT molecular complexity index is 775. The van der Waals surface area contributed by atoms with Crippen molar-refractivity contribution in [3.8, 4) is 11.5 Å². The standard InChI is InChI=1S/C16H18FNO4S/c1-11(15-10-13(21-2)6-9-16(15)22-3)18-23(19,20)14-7-4-12(17)5-8-14/h4-11,18H,1-3H3/t11-/m0/s1. The second-order valence-electron chi connectivity index (χ2n) is 4.90. The normalized spacial score (nSPS) is 12.7. The van der Waals surface area contributed by atoms with Crippen LogP contribution in [0.25, 0.3) is 0 Å². The first-order valence-corrected chi connectivity index (χ1v) is 8.35. The Morgan fingerprint density at radius 3 is 2.26 bits per heavy atom. The van der Waals surface area contributed by atoms with Gasteiger partial charge in [-0.2, -0.15) is 0 Å². The number of hydrogen-bond donors (Lipinski definition) is 1. The van der Waals surface area contributed by atoms with Crippen LogP contribution in [0.5, 0.6) is 11.5 Å². The molecule has 0 bridgehead atoms. The number of benzene rings is 2. The van der Waals surface area contributed by atoms with Gasteiger partial charge >= 0.3 is 0 Å². The Morgan fingerprint density at radius 2 is 1.70 bits per heavy atom. The van der Waals surface area contributed by atoms with Crippen LogP contribution in [0.1, 0.15) is 18.5 Å². The number of halogens is 1. The summed E-state index contributed by atoms with van der Waals surface area (Å²) in [6.07, 6.45) is 0. The third kappa shape index (κ3) is 4.00. The molecule has 7 heteroatoms. The maximum Gasteiger partial charge on any atom is 0.241 e. The number of hydrogen-bond acceptors (Lipinski definition) is 4. The summed E-state index contributed by atoms with van der Waals surface area (Å²) in [7, 11) is -0.749. The molecular weight excluding hydrogens is 321 g/mol. The minimum absolute atomic E-state index is 0.00684. The fraction of sp³-hybridized carbons (Fsp3) is 0.250. The Balaban J connectivity index is 2.30. The lowest BCUT2D eigenvalue weighted by Crippen LogP contribution is -2.27. The van der Waals surface area contributed by atoms with E-state index in [-0.39, 0.29) is 4.90 Å². The lowest BCUT2D eigenvalue weighted by Gasteiger charge is -2.18. The molecule has 2 aromatic carbocycles. The topological polar surface area (TPSA) is 64.6 Å². The average molecular weight is 339 g/mol. The Labute approximate surface area is 135 Å². The van der Waals surface area contributed by atoms with Crippen molar-refractivity contribution >= 4 is 10.0 Å². The van der Waals surface area contributed by atoms with Crippen LogP contribution in [0, 0.1) is 5.82 Å². The first-order valence-electron chi connectivity index (χ1n) is 6.87. The highest BCUT2D eigenvalue weighted by molar-refractivity contribution is 7.89. The average Bonchev–Trinajstić information content (AvgIpc) is 2.54. The maximum atomic E-state index is 12.9. The minimum Gasteiger partial charge on any atom is -0.497 e. The van der Waals surface area contributed by atoms with Crippen LogP contribution in [0.3, 0.4) is 0 Å². The van der Waals surface area contributed by atoms with E-state index in [2.05, 4.69) is 4.72 Å². The van der Waals surface area contributed by atoms with Crippen LogP contribution in [0.2, 0.25) is 0 Å². The molecule has 0 amide bonds. The van der Waals surface area contributed by atoms with Crippen LogP contribution in [0.4, 0.5) is 4.39 Å². The lowest BCUT2D eigenvalue weighted by atomic mass is 10.1. The van der Waals surface area contributed by atoms with E-state index in [0.717, 1.165) is 12.1 Å². The maximum absolute atomic E-state index is 12.9. The molecule has 0 aliphatic rings. The molecule has 0 radical (unpaired) electrons. The van der Waals surface area contributed by atoms with Crippen LogP contribution in [0.15, 0.2) is 47.4 Å². The van der Waals surface area contributed by atoms with Crippen molar-refractivity contribution in [2.75, 3.05) is 14.2 Å². The van der Waals surface area contributed by atoms with Crippen LogP contribution < -0.4 is 14.2 Å². The van der Waals surface area contributed by atoms with Crippen molar-refractivity contribution in [2.24, 2.45) is 0 Å². The molecule has 5 nitrogen and oxygen atoms in total. The predicted molar refractivity (Wildman–Crippen MR) is 84.7 cm³/mol. The second kappa shape index (κ2) is 6.97. The molecule has 0 spiro atoms. The number of sulfonamides is 1. The summed E-state index contributed by atoms with van der Waals surface area (Å²) >= 11 is 0. The van der Waals surface area contributed by atoms with Crippen molar-refractivity contribution in [2.45, 2.75) is 17.9 Å². The van der Waals surface area contributed by atoms with Crippen molar-refractivity contribution in [3.05, 3.63) is 53.8 Å². The summed E-state index contributed by atoms with van der Waals surface area (Å²) in [5.74, 6) is 0.639. The van der Waals surface area contributed by atoms with Gasteiger partial charge < -0.3 is 9.47 Å². The Kier molecular flexibility index (Phi) is 5.23. The van der Waals surface area contributed by atoms with Gasteiger partial charge in [-0.15, -0.1) is 0 Å². The molecule has 0 aromatic heterocycles. The number of nitrogens with one attached hydrogen (secondary N) is 1. The largest absolute Gasteiger partial charge is 0.497 e.